The summed E-state index contributed by atoms with van der Waals surface area (Å²) in [6.07, 6.45) is 0. The molecule has 0 fully saturated rings. The first kappa shape index (κ1) is 16.5. The zero-order valence-electron chi connectivity index (χ0n) is 13.9. The highest BCUT2D eigenvalue weighted by molar-refractivity contribution is 5.96. The number of primary amides is 1. The molecule has 1 heterocycles. The lowest BCUT2D eigenvalue weighted by molar-refractivity contribution is 0.0996. The molecule has 0 unspecified atom stereocenters. The number of aromatic nitrogens is 3. The second-order valence-electron chi connectivity index (χ2n) is 5.51. The Morgan fingerprint density at radius 1 is 1.16 bits per heavy atom. The van der Waals surface area contributed by atoms with Crippen molar-refractivity contribution in [3.05, 3.63) is 59.3 Å². The van der Waals surface area contributed by atoms with E-state index >= 15 is 0 Å². The number of nitrogens with two attached hydrogens (primary N) is 1. The minimum absolute atomic E-state index is 0.0931. The fraction of sp³-hybridized carbons (Fsp3) is 0.167. The molecule has 25 heavy (non-hydrogen) atoms. The molecule has 0 saturated carbocycles. The van der Waals surface area contributed by atoms with Crippen LogP contribution in [-0.4, -0.2) is 28.4 Å². The van der Waals surface area contributed by atoms with E-state index in [0.29, 0.717) is 23.6 Å². The number of aryl methyl sites for hydroxylation is 1. The number of carbonyl (C=O) groups is 1. The predicted octanol–water partition coefficient (Wildman–Crippen LogP) is 2.47. The van der Waals surface area contributed by atoms with Gasteiger partial charge in [-0.25, -0.2) is 0 Å². The first-order valence-electron chi connectivity index (χ1n) is 7.66. The number of hydrogen-bond acceptors (Lipinski definition) is 5. The van der Waals surface area contributed by atoms with Crippen molar-refractivity contribution >= 4 is 5.91 Å². The minimum Gasteiger partial charge on any atom is -0.496 e. The molecular formula is C18H18N4O3. The summed E-state index contributed by atoms with van der Waals surface area (Å²) in [6.45, 7) is 2.33. The van der Waals surface area contributed by atoms with Gasteiger partial charge in [-0.3, -0.25) is 4.79 Å². The molecule has 7 heteroatoms. The number of hydrogen-bond donors (Lipinski definition) is 2. The molecule has 1 aromatic heterocycles. The van der Waals surface area contributed by atoms with Crippen LogP contribution in [0, 0.1) is 6.92 Å². The molecule has 0 atom stereocenters. The number of nitrogens with zero attached hydrogens (tertiary/aromatic N) is 2. The van der Waals surface area contributed by atoms with Crippen LogP contribution >= 0.6 is 0 Å². The topological polar surface area (TPSA) is 103 Å². The summed E-state index contributed by atoms with van der Waals surface area (Å²) < 4.78 is 11.2. The van der Waals surface area contributed by atoms with Gasteiger partial charge < -0.3 is 15.2 Å². The first-order valence-corrected chi connectivity index (χ1v) is 7.66. The molecule has 0 spiro atoms. The lowest BCUT2D eigenvalue weighted by Crippen LogP contribution is -2.12. The number of amides is 1. The van der Waals surface area contributed by atoms with E-state index in [1.54, 1.807) is 19.2 Å². The number of carbonyl (C=O) groups excluding carboxylic acids is 1. The van der Waals surface area contributed by atoms with Gasteiger partial charge in [0.05, 0.1) is 7.11 Å². The molecule has 0 saturated heterocycles. The van der Waals surface area contributed by atoms with Crippen LogP contribution in [0.15, 0.2) is 42.5 Å². The SMILES string of the molecule is COc1ccc(-c2n[nH]nc2C(N)=O)cc1COc1ccc(C)cc1. The Morgan fingerprint density at radius 2 is 1.92 bits per heavy atom. The number of methoxy groups -OCH3 is 1. The minimum atomic E-state index is -0.642. The van der Waals surface area contributed by atoms with Gasteiger partial charge in [-0.15, -0.1) is 0 Å². The Labute approximate surface area is 144 Å². The first-order chi connectivity index (χ1) is 12.1. The summed E-state index contributed by atoms with van der Waals surface area (Å²) in [5, 5.41) is 10.2. The molecule has 0 aliphatic heterocycles. The average molecular weight is 338 g/mol. The number of rotatable bonds is 6. The fourth-order valence-corrected chi connectivity index (χ4v) is 2.44. The van der Waals surface area contributed by atoms with E-state index in [2.05, 4.69) is 15.4 Å². The van der Waals surface area contributed by atoms with Crippen molar-refractivity contribution < 1.29 is 14.3 Å². The monoisotopic (exact) mass is 338 g/mol. The molecule has 3 rings (SSSR count). The number of aromatic amines is 1. The van der Waals surface area contributed by atoms with Gasteiger partial charge in [-0.05, 0) is 37.3 Å². The van der Waals surface area contributed by atoms with Crippen molar-refractivity contribution in [3.63, 3.8) is 0 Å². The van der Waals surface area contributed by atoms with E-state index in [1.807, 2.05) is 37.3 Å². The van der Waals surface area contributed by atoms with Crippen LogP contribution in [0.2, 0.25) is 0 Å². The van der Waals surface area contributed by atoms with Crippen LogP contribution in [0.1, 0.15) is 21.6 Å². The Kier molecular flexibility index (Phi) is 4.65. The molecule has 7 nitrogen and oxygen atoms in total. The quantitative estimate of drug-likeness (QED) is 0.718. The van der Waals surface area contributed by atoms with Gasteiger partial charge >= 0.3 is 0 Å². The molecular weight excluding hydrogens is 320 g/mol. The zero-order chi connectivity index (χ0) is 17.8. The summed E-state index contributed by atoms with van der Waals surface area (Å²) in [7, 11) is 1.59. The average Bonchev–Trinajstić information content (AvgIpc) is 3.11. The van der Waals surface area contributed by atoms with Gasteiger partial charge in [-0.2, -0.15) is 15.4 Å². The molecule has 0 radical (unpaired) electrons. The number of ether oxygens (including phenoxy) is 2. The van der Waals surface area contributed by atoms with Crippen molar-refractivity contribution in [2.75, 3.05) is 7.11 Å². The Hall–Kier alpha value is -3.35. The van der Waals surface area contributed by atoms with E-state index in [1.165, 1.54) is 0 Å². The smallest absolute Gasteiger partial charge is 0.271 e. The summed E-state index contributed by atoms with van der Waals surface area (Å²) in [5.41, 5.74) is 8.50. The lowest BCUT2D eigenvalue weighted by atomic mass is 10.1. The highest BCUT2D eigenvalue weighted by Gasteiger charge is 2.17. The Morgan fingerprint density at radius 3 is 2.60 bits per heavy atom. The van der Waals surface area contributed by atoms with Crippen molar-refractivity contribution in [1.82, 2.24) is 15.4 Å². The van der Waals surface area contributed by atoms with Crippen LogP contribution in [0.5, 0.6) is 11.5 Å². The van der Waals surface area contributed by atoms with Gasteiger partial charge in [0.2, 0.25) is 0 Å². The maximum atomic E-state index is 11.5. The second-order valence-corrected chi connectivity index (χ2v) is 5.51. The third kappa shape index (κ3) is 3.60. The van der Waals surface area contributed by atoms with Crippen molar-refractivity contribution in [3.8, 4) is 22.8 Å². The van der Waals surface area contributed by atoms with Crippen molar-refractivity contribution in [2.24, 2.45) is 5.73 Å². The van der Waals surface area contributed by atoms with Gasteiger partial charge in [0.1, 0.15) is 23.8 Å². The lowest BCUT2D eigenvalue weighted by Gasteiger charge is -2.12. The van der Waals surface area contributed by atoms with Crippen LogP contribution in [0.25, 0.3) is 11.3 Å². The Bertz CT molecular complexity index is 888. The van der Waals surface area contributed by atoms with E-state index < -0.39 is 5.91 Å². The van der Waals surface area contributed by atoms with Gasteiger partial charge in [0.25, 0.3) is 5.91 Å². The molecule has 3 aromatic rings. The molecule has 0 aliphatic rings. The number of H-pyrrole nitrogens is 1. The summed E-state index contributed by atoms with van der Waals surface area (Å²) in [5.74, 6) is 0.800. The zero-order valence-corrected chi connectivity index (χ0v) is 13.9. The Balaban J connectivity index is 1.88. The van der Waals surface area contributed by atoms with Gasteiger partial charge in [0, 0.05) is 11.1 Å². The van der Waals surface area contributed by atoms with E-state index in [4.69, 9.17) is 15.2 Å². The highest BCUT2D eigenvalue weighted by atomic mass is 16.5. The fourth-order valence-electron chi connectivity index (χ4n) is 2.44. The number of nitrogens with one attached hydrogen (secondary N) is 1. The summed E-state index contributed by atoms with van der Waals surface area (Å²) in [4.78, 5) is 11.5. The maximum Gasteiger partial charge on any atom is 0.271 e. The number of benzene rings is 2. The largest absolute Gasteiger partial charge is 0.496 e. The van der Waals surface area contributed by atoms with E-state index in [9.17, 15) is 4.79 Å². The summed E-state index contributed by atoms with van der Waals surface area (Å²) >= 11 is 0. The van der Waals surface area contributed by atoms with Crippen molar-refractivity contribution in [1.29, 1.82) is 0 Å². The molecule has 128 valence electrons. The third-order valence-corrected chi connectivity index (χ3v) is 3.75. The standard InChI is InChI=1S/C18H18N4O3/c1-11-3-6-14(7-4-11)25-10-13-9-12(5-8-15(13)24-2)16-17(18(19)23)21-22-20-16/h3-9H,10H2,1-2H3,(H2,19,23)(H,20,21,22). The molecule has 0 bridgehead atoms. The maximum absolute atomic E-state index is 11.5. The van der Waals surface area contributed by atoms with Crippen LogP contribution in [0.4, 0.5) is 0 Å². The predicted molar refractivity (Wildman–Crippen MR) is 92.4 cm³/mol. The molecule has 1 amide bonds. The third-order valence-electron chi connectivity index (χ3n) is 3.75. The van der Waals surface area contributed by atoms with E-state index in [0.717, 1.165) is 16.9 Å². The van der Waals surface area contributed by atoms with Crippen LogP contribution in [-0.2, 0) is 6.61 Å². The van der Waals surface area contributed by atoms with Gasteiger partial charge in [-0.1, -0.05) is 17.7 Å². The molecule has 3 N–H and O–H groups in total. The summed E-state index contributed by atoms with van der Waals surface area (Å²) in [6, 6.07) is 13.2. The molecule has 2 aromatic carbocycles. The second kappa shape index (κ2) is 7.04. The van der Waals surface area contributed by atoms with Crippen molar-refractivity contribution in [2.45, 2.75) is 13.5 Å². The molecule has 0 aliphatic carbocycles. The highest BCUT2D eigenvalue weighted by Crippen LogP contribution is 2.28. The normalized spacial score (nSPS) is 10.5. The van der Waals surface area contributed by atoms with Crippen LogP contribution in [0.3, 0.4) is 0 Å². The van der Waals surface area contributed by atoms with Gasteiger partial charge in [0.15, 0.2) is 5.69 Å². The van der Waals surface area contributed by atoms with Crippen LogP contribution < -0.4 is 15.2 Å². The van der Waals surface area contributed by atoms with E-state index in [-0.39, 0.29) is 5.69 Å².